The predicted molar refractivity (Wildman–Crippen MR) is 83.4 cm³/mol. The van der Waals surface area contributed by atoms with Gasteiger partial charge in [-0.15, -0.1) is 11.3 Å². The minimum Gasteiger partial charge on any atom is -0.302 e. The molecule has 0 bridgehead atoms. The molecular weight excluding hydrogens is 256 g/mol. The Morgan fingerprint density at radius 2 is 1.89 bits per heavy atom. The number of rotatable bonds is 7. The molecule has 1 rings (SSSR count). The smallest absolute Gasteiger partial charge is 0.0947 e. The minimum absolute atomic E-state index is 0.0717. The Morgan fingerprint density at radius 1 is 1.32 bits per heavy atom. The summed E-state index contributed by atoms with van der Waals surface area (Å²) in [5.41, 5.74) is 4.24. The van der Waals surface area contributed by atoms with Crippen LogP contribution in [-0.2, 0) is 6.42 Å². The van der Waals surface area contributed by atoms with Crippen LogP contribution in [0.4, 0.5) is 0 Å². The van der Waals surface area contributed by atoms with Crippen LogP contribution in [0, 0.1) is 13.8 Å². The highest BCUT2D eigenvalue weighted by atomic mass is 32.1. The number of aromatic nitrogens is 1. The van der Waals surface area contributed by atoms with Crippen molar-refractivity contribution in [3.63, 3.8) is 0 Å². The van der Waals surface area contributed by atoms with Gasteiger partial charge in [-0.2, -0.15) is 0 Å². The number of nitrogens with zero attached hydrogens (tertiary/aromatic N) is 2. The Morgan fingerprint density at radius 3 is 2.21 bits per heavy atom. The molecule has 0 aliphatic carbocycles. The van der Waals surface area contributed by atoms with Crippen molar-refractivity contribution in [2.75, 3.05) is 14.1 Å². The zero-order valence-electron chi connectivity index (χ0n) is 13.1. The van der Waals surface area contributed by atoms with Crippen molar-refractivity contribution in [1.82, 2.24) is 15.3 Å². The molecule has 4 nitrogen and oxygen atoms in total. The van der Waals surface area contributed by atoms with Crippen LogP contribution in [0.2, 0.25) is 0 Å². The van der Waals surface area contributed by atoms with Crippen LogP contribution < -0.4 is 11.3 Å². The molecule has 1 unspecified atom stereocenters. The highest BCUT2D eigenvalue weighted by Crippen LogP contribution is 2.29. The Bertz CT molecular complexity index is 377. The third kappa shape index (κ3) is 3.34. The fourth-order valence-electron chi connectivity index (χ4n) is 2.89. The Labute approximate surface area is 121 Å². The summed E-state index contributed by atoms with van der Waals surface area (Å²) in [6.07, 6.45) is 3.01. The Kier molecular flexibility index (Phi) is 5.92. The first-order valence-electron chi connectivity index (χ1n) is 6.97. The van der Waals surface area contributed by atoms with Gasteiger partial charge < -0.3 is 4.90 Å². The van der Waals surface area contributed by atoms with Gasteiger partial charge in [0.25, 0.3) is 0 Å². The van der Waals surface area contributed by atoms with Crippen molar-refractivity contribution in [2.45, 2.75) is 58.5 Å². The monoisotopic (exact) mass is 284 g/mol. The molecule has 110 valence electrons. The molecule has 0 aliphatic rings. The van der Waals surface area contributed by atoms with Crippen LogP contribution in [0.15, 0.2) is 0 Å². The van der Waals surface area contributed by atoms with Crippen LogP contribution in [0.25, 0.3) is 0 Å². The fourth-order valence-corrected chi connectivity index (χ4v) is 3.87. The first-order valence-corrected chi connectivity index (χ1v) is 7.79. The molecule has 0 aromatic carbocycles. The number of nitrogens with one attached hydrogen (secondary N) is 1. The number of aryl methyl sites for hydroxylation is 2. The number of hydrazine groups is 1. The van der Waals surface area contributed by atoms with Gasteiger partial charge in [0, 0.05) is 22.9 Å². The lowest BCUT2D eigenvalue weighted by molar-refractivity contribution is 0.0882. The summed E-state index contributed by atoms with van der Waals surface area (Å²) in [4.78, 5) is 8.24. The molecule has 0 spiro atoms. The molecule has 1 heterocycles. The predicted octanol–water partition coefficient (Wildman–Crippen LogP) is 2.25. The summed E-state index contributed by atoms with van der Waals surface area (Å²) in [5, 5.41) is 1.17. The number of hydrogen-bond acceptors (Lipinski definition) is 5. The molecule has 0 radical (unpaired) electrons. The van der Waals surface area contributed by atoms with Crippen LogP contribution in [0.1, 0.15) is 42.3 Å². The second kappa shape index (κ2) is 6.79. The van der Waals surface area contributed by atoms with Gasteiger partial charge >= 0.3 is 0 Å². The first-order chi connectivity index (χ1) is 8.91. The van der Waals surface area contributed by atoms with E-state index in [-0.39, 0.29) is 11.6 Å². The lowest BCUT2D eigenvalue weighted by atomic mass is 9.82. The average Bonchev–Trinajstić information content (AvgIpc) is 2.68. The number of thiazole rings is 1. The zero-order valence-corrected chi connectivity index (χ0v) is 13.9. The lowest BCUT2D eigenvalue weighted by Gasteiger charge is -2.44. The van der Waals surface area contributed by atoms with E-state index in [1.807, 2.05) is 0 Å². The molecule has 0 amide bonds. The van der Waals surface area contributed by atoms with Crippen molar-refractivity contribution in [1.29, 1.82) is 0 Å². The standard InChI is InChI=1S/C14H28N4S/c1-7-14(8-2,18(5)6)12(17-15)9-13-16-10(3)11(4)19-13/h12,17H,7-9,15H2,1-6H3. The van der Waals surface area contributed by atoms with E-state index < -0.39 is 0 Å². The van der Waals surface area contributed by atoms with Crippen molar-refractivity contribution in [3.05, 3.63) is 15.6 Å². The Balaban J connectivity index is 2.98. The maximum absolute atomic E-state index is 5.84. The molecule has 1 aromatic heterocycles. The lowest BCUT2D eigenvalue weighted by Crippen LogP contribution is -2.61. The SMILES string of the molecule is CCC(CC)(C(Cc1nc(C)c(C)s1)NN)N(C)C. The molecule has 3 N–H and O–H groups in total. The first kappa shape index (κ1) is 16.6. The molecule has 1 aromatic rings. The van der Waals surface area contributed by atoms with E-state index in [2.05, 4.69) is 57.1 Å². The van der Waals surface area contributed by atoms with E-state index in [9.17, 15) is 0 Å². The van der Waals surface area contributed by atoms with Gasteiger partial charge in [-0.3, -0.25) is 11.3 Å². The van der Waals surface area contributed by atoms with Gasteiger partial charge in [0.2, 0.25) is 0 Å². The van der Waals surface area contributed by atoms with Gasteiger partial charge in [-0.1, -0.05) is 13.8 Å². The van der Waals surface area contributed by atoms with Gasteiger partial charge in [0.05, 0.1) is 10.7 Å². The van der Waals surface area contributed by atoms with E-state index in [1.54, 1.807) is 11.3 Å². The molecule has 19 heavy (non-hydrogen) atoms. The fraction of sp³-hybridized carbons (Fsp3) is 0.786. The third-order valence-corrected chi connectivity index (χ3v) is 5.51. The van der Waals surface area contributed by atoms with E-state index in [4.69, 9.17) is 5.84 Å². The van der Waals surface area contributed by atoms with Crippen LogP contribution in [0.5, 0.6) is 0 Å². The second-order valence-corrected chi connectivity index (χ2v) is 6.67. The highest BCUT2D eigenvalue weighted by Gasteiger charge is 2.37. The van der Waals surface area contributed by atoms with Gasteiger partial charge in [-0.25, -0.2) is 4.98 Å². The third-order valence-electron chi connectivity index (χ3n) is 4.42. The van der Waals surface area contributed by atoms with Crippen LogP contribution in [-0.4, -0.2) is 35.6 Å². The summed E-state index contributed by atoms with van der Waals surface area (Å²) in [5.74, 6) is 5.84. The number of hydrogen-bond donors (Lipinski definition) is 2. The van der Waals surface area contributed by atoms with Gasteiger partial charge in [0.1, 0.15) is 0 Å². The summed E-state index contributed by atoms with van der Waals surface area (Å²) in [6.45, 7) is 8.65. The molecule has 0 saturated heterocycles. The summed E-state index contributed by atoms with van der Waals surface area (Å²) >= 11 is 1.78. The maximum atomic E-state index is 5.84. The van der Waals surface area contributed by atoms with Crippen LogP contribution in [0.3, 0.4) is 0 Å². The van der Waals surface area contributed by atoms with E-state index >= 15 is 0 Å². The largest absolute Gasteiger partial charge is 0.302 e. The summed E-state index contributed by atoms with van der Waals surface area (Å²) < 4.78 is 0. The number of nitrogens with two attached hydrogens (primary N) is 1. The second-order valence-electron chi connectivity index (χ2n) is 5.38. The zero-order chi connectivity index (χ0) is 14.6. The molecule has 1 atom stereocenters. The van der Waals surface area contributed by atoms with E-state index in [0.29, 0.717) is 0 Å². The Hall–Kier alpha value is -0.490. The van der Waals surface area contributed by atoms with E-state index in [0.717, 1.165) is 25.0 Å². The average molecular weight is 284 g/mol. The molecule has 0 saturated carbocycles. The van der Waals surface area contributed by atoms with Crippen molar-refractivity contribution < 1.29 is 0 Å². The number of likely N-dealkylation sites (N-methyl/N-ethyl adjacent to an activating group) is 1. The van der Waals surface area contributed by atoms with Gasteiger partial charge in [0.15, 0.2) is 0 Å². The summed E-state index contributed by atoms with van der Waals surface area (Å²) in [7, 11) is 4.27. The van der Waals surface area contributed by atoms with E-state index in [1.165, 1.54) is 9.88 Å². The summed E-state index contributed by atoms with van der Waals surface area (Å²) in [6, 6.07) is 0.211. The van der Waals surface area contributed by atoms with Crippen LogP contribution >= 0.6 is 11.3 Å². The minimum atomic E-state index is 0.0717. The normalized spacial score (nSPS) is 14.1. The quantitative estimate of drug-likeness (QED) is 0.596. The van der Waals surface area contributed by atoms with Gasteiger partial charge in [-0.05, 0) is 40.8 Å². The highest BCUT2D eigenvalue weighted by molar-refractivity contribution is 7.11. The van der Waals surface area contributed by atoms with Crippen molar-refractivity contribution in [2.24, 2.45) is 5.84 Å². The van der Waals surface area contributed by atoms with Crippen molar-refractivity contribution in [3.8, 4) is 0 Å². The molecule has 0 fully saturated rings. The maximum Gasteiger partial charge on any atom is 0.0947 e. The molecular formula is C14H28N4S. The molecule has 5 heteroatoms. The molecule has 0 aliphatic heterocycles. The van der Waals surface area contributed by atoms with Crippen molar-refractivity contribution >= 4 is 11.3 Å². The topological polar surface area (TPSA) is 54.2 Å².